The number of ether oxygens (including phenoxy) is 1. The third kappa shape index (κ3) is 5.90. The van der Waals surface area contributed by atoms with E-state index >= 15 is 0 Å². The van der Waals surface area contributed by atoms with E-state index in [2.05, 4.69) is 15.6 Å². The number of hydrogen-bond donors (Lipinski definition) is 2. The van der Waals surface area contributed by atoms with Crippen molar-refractivity contribution in [3.05, 3.63) is 53.9 Å². The van der Waals surface area contributed by atoms with Crippen molar-refractivity contribution in [1.29, 1.82) is 0 Å². The van der Waals surface area contributed by atoms with Gasteiger partial charge in [0, 0.05) is 57.9 Å². The molecule has 0 saturated carbocycles. The highest BCUT2D eigenvalue weighted by Crippen LogP contribution is 2.35. The Labute approximate surface area is 168 Å². The Kier molecular flexibility index (Phi) is 7.03. The lowest BCUT2D eigenvalue weighted by molar-refractivity contribution is -0.138. The molecule has 1 aromatic carbocycles. The molecule has 0 amide bonds. The van der Waals surface area contributed by atoms with Gasteiger partial charge in [-0.15, -0.1) is 0 Å². The van der Waals surface area contributed by atoms with Gasteiger partial charge in [0.15, 0.2) is 5.96 Å². The van der Waals surface area contributed by atoms with Crippen LogP contribution < -0.4 is 15.5 Å². The molecule has 0 spiro atoms. The predicted molar refractivity (Wildman–Crippen MR) is 107 cm³/mol. The maximum atomic E-state index is 13.6. The van der Waals surface area contributed by atoms with E-state index in [0.29, 0.717) is 44.5 Å². The first-order valence-corrected chi connectivity index (χ1v) is 9.55. The van der Waals surface area contributed by atoms with Crippen LogP contribution in [0.3, 0.4) is 0 Å². The highest BCUT2D eigenvalue weighted by atomic mass is 19.4. The third-order valence-corrected chi connectivity index (χ3v) is 4.77. The Bertz CT molecular complexity index is 799. The fraction of sp³-hybridized carbons (Fsp3) is 0.450. The zero-order chi connectivity index (χ0) is 20.7. The molecule has 158 valence electrons. The normalized spacial score (nSPS) is 15.4. The van der Waals surface area contributed by atoms with Crippen LogP contribution in [0.5, 0.6) is 0 Å². The lowest BCUT2D eigenvalue weighted by Crippen LogP contribution is -2.39. The first-order chi connectivity index (χ1) is 14.0. The number of aliphatic imine (C=N–C) groups is 1. The summed E-state index contributed by atoms with van der Waals surface area (Å²) in [5.74, 6) is 0.461. The third-order valence-electron chi connectivity index (χ3n) is 4.77. The molecule has 6 nitrogen and oxygen atoms in total. The molecule has 2 heterocycles. The molecular formula is C20H26F3N5O. The van der Waals surface area contributed by atoms with Crippen LogP contribution in [-0.2, 0) is 24.0 Å². The second-order valence-electron chi connectivity index (χ2n) is 6.71. The van der Waals surface area contributed by atoms with Crippen molar-refractivity contribution in [3.63, 3.8) is 0 Å². The molecule has 1 aliphatic rings. The Morgan fingerprint density at radius 3 is 2.52 bits per heavy atom. The molecule has 0 unspecified atom stereocenters. The van der Waals surface area contributed by atoms with Crippen LogP contribution in [0.15, 0.2) is 47.7 Å². The molecule has 2 aromatic rings. The average molecular weight is 409 g/mol. The molecule has 29 heavy (non-hydrogen) atoms. The number of anilines is 1. The minimum absolute atomic E-state index is 0.0292. The monoisotopic (exact) mass is 409 g/mol. The SMILES string of the molecule is CN=C(NCCn1cccc1)NCc1ccc(N2CCOCC2)cc1C(F)(F)F. The van der Waals surface area contributed by atoms with Gasteiger partial charge in [-0.25, -0.2) is 0 Å². The number of hydrogen-bond acceptors (Lipinski definition) is 3. The molecule has 0 radical (unpaired) electrons. The Balaban J connectivity index is 1.63. The van der Waals surface area contributed by atoms with Gasteiger partial charge in [0.1, 0.15) is 0 Å². The van der Waals surface area contributed by atoms with Gasteiger partial charge in [0.25, 0.3) is 0 Å². The van der Waals surface area contributed by atoms with Gasteiger partial charge in [-0.2, -0.15) is 13.2 Å². The number of guanidine groups is 1. The summed E-state index contributed by atoms with van der Waals surface area (Å²) >= 11 is 0. The topological polar surface area (TPSA) is 53.8 Å². The van der Waals surface area contributed by atoms with Gasteiger partial charge in [-0.05, 0) is 29.8 Å². The zero-order valence-corrected chi connectivity index (χ0v) is 16.4. The Hall–Kier alpha value is -2.68. The van der Waals surface area contributed by atoms with Crippen molar-refractivity contribution in [2.75, 3.05) is 44.8 Å². The number of aromatic nitrogens is 1. The summed E-state index contributed by atoms with van der Waals surface area (Å²) in [6.45, 7) is 3.60. The summed E-state index contributed by atoms with van der Waals surface area (Å²) in [6, 6.07) is 8.37. The van der Waals surface area contributed by atoms with Gasteiger partial charge in [0.2, 0.25) is 0 Å². The van der Waals surface area contributed by atoms with Gasteiger partial charge >= 0.3 is 6.18 Å². The number of benzene rings is 1. The summed E-state index contributed by atoms with van der Waals surface area (Å²) in [5.41, 5.74) is 0.123. The van der Waals surface area contributed by atoms with Crippen molar-refractivity contribution in [2.45, 2.75) is 19.3 Å². The van der Waals surface area contributed by atoms with Crippen LogP contribution in [0.2, 0.25) is 0 Å². The van der Waals surface area contributed by atoms with E-state index in [1.807, 2.05) is 34.0 Å². The quantitative estimate of drug-likeness (QED) is 0.569. The molecule has 0 atom stereocenters. The average Bonchev–Trinajstić information content (AvgIpc) is 3.24. The fourth-order valence-electron chi connectivity index (χ4n) is 3.22. The molecule has 2 N–H and O–H groups in total. The number of nitrogens with one attached hydrogen (secondary N) is 2. The molecule has 1 fully saturated rings. The number of alkyl halides is 3. The molecule has 0 bridgehead atoms. The van der Waals surface area contributed by atoms with Crippen LogP contribution in [0.4, 0.5) is 18.9 Å². The van der Waals surface area contributed by atoms with E-state index in [1.54, 1.807) is 13.1 Å². The van der Waals surface area contributed by atoms with Crippen molar-refractivity contribution in [1.82, 2.24) is 15.2 Å². The molecule has 1 aliphatic heterocycles. The first kappa shape index (κ1) is 21.0. The maximum Gasteiger partial charge on any atom is 0.416 e. The standard InChI is InChI=1S/C20H26F3N5O/c1-24-19(25-6-9-27-7-2-3-8-27)26-15-16-4-5-17(14-18(16)20(21,22)23)28-10-12-29-13-11-28/h2-5,7-8,14H,6,9-13,15H2,1H3,(H2,24,25,26). The molecule has 1 saturated heterocycles. The van der Waals surface area contributed by atoms with E-state index < -0.39 is 11.7 Å². The molecule has 9 heteroatoms. The maximum absolute atomic E-state index is 13.6. The van der Waals surface area contributed by atoms with E-state index in [-0.39, 0.29) is 12.1 Å². The summed E-state index contributed by atoms with van der Waals surface area (Å²) in [7, 11) is 1.59. The van der Waals surface area contributed by atoms with E-state index in [0.717, 1.165) is 6.54 Å². The summed E-state index contributed by atoms with van der Waals surface area (Å²) in [4.78, 5) is 6.00. The number of nitrogens with zero attached hydrogens (tertiary/aromatic N) is 3. The van der Waals surface area contributed by atoms with Crippen molar-refractivity contribution in [2.24, 2.45) is 4.99 Å². The largest absolute Gasteiger partial charge is 0.416 e. The lowest BCUT2D eigenvalue weighted by atomic mass is 10.0. The second-order valence-corrected chi connectivity index (χ2v) is 6.71. The highest BCUT2D eigenvalue weighted by Gasteiger charge is 2.34. The van der Waals surface area contributed by atoms with Gasteiger partial charge in [0.05, 0.1) is 18.8 Å². The van der Waals surface area contributed by atoms with Crippen LogP contribution >= 0.6 is 0 Å². The zero-order valence-electron chi connectivity index (χ0n) is 16.4. The van der Waals surface area contributed by atoms with E-state index in [4.69, 9.17) is 4.74 Å². The lowest BCUT2D eigenvalue weighted by Gasteiger charge is -2.29. The van der Waals surface area contributed by atoms with Gasteiger partial charge in [-0.3, -0.25) is 4.99 Å². The minimum atomic E-state index is -4.43. The van der Waals surface area contributed by atoms with Gasteiger partial charge in [-0.1, -0.05) is 6.07 Å². The van der Waals surface area contributed by atoms with E-state index in [1.165, 1.54) is 12.1 Å². The molecule has 3 rings (SSSR count). The van der Waals surface area contributed by atoms with Crippen molar-refractivity contribution < 1.29 is 17.9 Å². The van der Waals surface area contributed by atoms with Gasteiger partial charge < -0.3 is 24.8 Å². The number of halogens is 3. The number of rotatable bonds is 6. The van der Waals surface area contributed by atoms with Crippen LogP contribution in [0.25, 0.3) is 0 Å². The Morgan fingerprint density at radius 2 is 1.86 bits per heavy atom. The van der Waals surface area contributed by atoms with Crippen molar-refractivity contribution >= 4 is 11.6 Å². The summed E-state index contributed by atoms with van der Waals surface area (Å²) < 4.78 is 48.2. The minimum Gasteiger partial charge on any atom is -0.378 e. The highest BCUT2D eigenvalue weighted by molar-refractivity contribution is 5.79. The Morgan fingerprint density at radius 1 is 1.14 bits per heavy atom. The molecular weight excluding hydrogens is 383 g/mol. The summed E-state index contributed by atoms with van der Waals surface area (Å²) in [5, 5.41) is 6.09. The van der Waals surface area contributed by atoms with Crippen LogP contribution in [0, 0.1) is 0 Å². The smallest absolute Gasteiger partial charge is 0.378 e. The summed E-state index contributed by atoms with van der Waals surface area (Å²) in [6.07, 6.45) is -0.530. The predicted octanol–water partition coefficient (Wildman–Crippen LogP) is 2.71. The molecule has 0 aliphatic carbocycles. The molecule has 1 aromatic heterocycles. The number of morpholine rings is 1. The fourth-order valence-corrected chi connectivity index (χ4v) is 3.22. The second kappa shape index (κ2) is 9.69. The van der Waals surface area contributed by atoms with E-state index in [9.17, 15) is 13.2 Å². The van der Waals surface area contributed by atoms with Crippen LogP contribution in [0.1, 0.15) is 11.1 Å². The van der Waals surface area contributed by atoms with Crippen molar-refractivity contribution in [3.8, 4) is 0 Å². The van der Waals surface area contributed by atoms with Crippen LogP contribution in [-0.4, -0.2) is 50.4 Å². The first-order valence-electron chi connectivity index (χ1n) is 9.55.